The zero-order chi connectivity index (χ0) is 29.0. The summed E-state index contributed by atoms with van der Waals surface area (Å²) >= 11 is 6.19. The van der Waals surface area contributed by atoms with Gasteiger partial charge in [-0.2, -0.15) is 4.31 Å². The van der Waals surface area contributed by atoms with Crippen LogP contribution in [0.25, 0.3) is 0 Å². The van der Waals surface area contributed by atoms with Gasteiger partial charge in [0.1, 0.15) is 11.5 Å². The first-order valence-electron chi connectivity index (χ1n) is 13.5. The molecule has 0 radical (unpaired) electrons. The van der Waals surface area contributed by atoms with Gasteiger partial charge in [-0.25, -0.2) is 8.42 Å². The van der Waals surface area contributed by atoms with Crippen molar-refractivity contribution < 1.29 is 27.5 Å². The van der Waals surface area contributed by atoms with Crippen molar-refractivity contribution in [2.75, 3.05) is 38.2 Å². The Labute approximate surface area is 245 Å². The van der Waals surface area contributed by atoms with E-state index in [1.165, 1.54) is 29.6 Å². The fourth-order valence-electron chi connectivity index (χ4n) is 5.21. The van der Waals surface area contributed by atoms with Gasteiger partial charge in [0.05, 0.1) is 35.2 Å². The number of fused-ring (bicyclic) bond motifs is 1. The average molecular weight is 598 g/mol. The highest BCUT2D eigenvalue weighted by Crippen LogP contribution is 2.36. The lowest BCUT2D eigenvalue weighted by atomic mass is 9.97. The maximum absolute atomic E-state index is 13.9. The van der Waals surface area contributed by atoms with Gasteiger partial charge in [-0.3, -0.25) is 9.59 Å². The van der Waals surface area contributed by atoms with Crippen molar-refractivity contribution in [3.8, 4) is 11.5 Å². The SMILES string of the molecule is COc1ccc(S(=O)(=O)N2CCC[C@H](C(=O)N3C[C@@H](C(=O)NCCc4ccccc4)Oc4ccccc43)C2)cc1Cl. The summed E-state index contributed by atoms with van der Waals surface area (Å²) < 4.78 is 39.4. The van der Waals surface area contributed by atoms with Crippen LogP contribution < -0.4 is 19.7 Å². The molecule has 2 amide bonds. The van der Waals surface area contributed by atoms with E-state index >= 15 is 0 Å². The number of para-hydroxylation sites is 2. The molecule has 41 heavy (non-hydrogen) atoms. The molecule has 216 valence electrons. The number of piperidine rings is 1. The Morgan fingerprint density at radius 1 is 1.05 bits per heavy atom. The van der Waals surface area contributed by atoms with E-state index in [2.05, 4.69) is 5.32 Å². The molecule has 2 atom stereocenters. The van der Waals surface area contributed by atoms with Crippen LogP contribution in [-0.2, 0) is 26.0 Å². The number of anilines is 1. The Morgan fingerprint density at radius 2 is 1.80 bits per heavy atom. The van der Waals surface area contributed by atoms with E-state index < -0.39 is 22.0 Å². The molecule has 0 aromatic heterocycles. The molecule has 3 aromatic carbocycles. The molecule has 0 spiro atoms. The quantitative estimate of drug-likeness (QED) is 0.422. The van der Waals surface area contributed by atoms with Crippen LogP contribution in [0.5, 0.6) is 11.5 Å². The number of halogens is 1. The lowest BCUT2D eigenvalue weighted by Crippen LogP contribution is -2.54. The first-order valence-corrected chi connectivity index (χ1v) is 15.3. The van der Waals surface area contributed by atoms with E-state index in [9.17, 15) is 18.0 Å². The number of nitrogens with zero attached hydrogens (tertiary/aromatic N) is 2. The summed E-state index contributed by atoms with van der Waals surface area (Å²) in [6, 6.07) is 21.2. The fraction of sp³-hybridized carbons (Fsp3) is 0.333. The van der Waals surface area contributed by atoms with Crippen molar-refractivity contribution in [2.45, 2.75) is 30.3 Å². The monoisotopic (exact) mass is 597 g/mol. The maximum atomic E-state index is 13.9. The molecule has 9 nitrogen and oxygen atoms in total. The molecule has 2 heterocycles. The van der Waals surface area contributed by atoms with Crippen LogP contribution in [0, 0.1) is 5.92 Å². The number of sulfonamides is 1. The van der Waals surface area contributed by atoms with Crippen LogP contribution in [0.3, 0.4) is 0 Å². The topological polar surface area (TPSA) is 105 Å². The predicted molar refractivity (Wildman–Crippen MR) is 156 cm³/mol. The number of rotatable bonds is 8. The summed E-state index contributed by atoms with van der Waals surface area (Å²) in [6.45, 7) is 0.785. The van der Waals surface area contributed by atoms with E-state index in [4.69, 9.17) is 21.1 Å². The van der Waals surface area contributed by atoms with Gasteiger partial charge in [0.2, 0.25) is 15.9 Å². The third-order valence-corrected chi connectivity index (χ3v) is 9.54. The summed E-state index contributed by atoms with van der Waals surface area (Å²) in [6.07, 6.45) is 0.829. The minimum Gasteiger partial charge on any atom is -0.495 e. The van der Waals surface area contributed by atoms with Gasteiger partial charge in [0.15, 0.2) is 6.10 Å². The maximum Gasteiger partial charge on any atom is 0.262 e. The molecule has 0 aliphatic carbocycles. The zero-order valence-corrected chi connectivity index (χ0v) is 24.2. The Hall–Kier alpha value is -3.60. The van der Waals surface area contributed by atoms with Crippen molar-refractivity contribution in [3.05, 3.63) is 83.4 Å². The molecule has 0 unspecified atom stereocenters. The second kappa shape index (κ2) is 12.5. The molecule has 2 aliphatic heterocycles. The number of carbonyl (C=O) groups excluding carboxylic acids is 2. The van der Waals surface area contributed by atoms with Crippen LogP contribution >= 0.6 is 11.6 Å². The fourth-order valence-corrected chi connectivity index (χ4v) is 7.08. The number of carbonyl (C=O) groups is 2. The highest BCUT2D eigenvalue weighted by Gasteiger charge is 2.39. The minimum atomic E-state index is -3.89. The second-order valence-corrected chi connectivity index (χ2v) is 12.4. The number of methoxy groups -OCH3 is 1. The first kappa shape index (κ1) is 28.9. The van der Waals surface area contributed by atoms with Crippen molar-refractivity contribution >= 4 is 39.1 Å². The van der Waals surface area contributed by atoms with Gasteiger partial charge < -0.3 is 19.7 Å². The number of nitrogens with one attached hydrogen (secondary N) is 1. The number of hydrogen-bond donors (Lipinski definition) is 1. The molecule has 1 fully saturated rings. The summed E-state index contributed by atoms with van der Waals surface area (Å²) in [5.74, 6) is -0.321. The molecule has 0 bridgehead atoms. The third kappa shape index (κ3) is 6.34. The lowest BCUT2D eigenvalue weighted by Gasteiger charge is -2.38. The van der Waals surface area contributed by atoms with Crippen LogP contribution in [0.1, 0.15) is 18.4 Å². The molecule has 0 saturated carbocycles. The highest BCUT2D eigenvalue weighted by molar-refractivity contribution is 7.89. The molecule has 1 saturated heterocycles. The molecule has 3 aromatic rings. The molecule has 1 N–H and O–H groups in total. The minimum absolute atomic E-state index is 0.0261. The van der Waals surface area contributed by atoms with Crippen molar-refractivity contribution in [1.82, 2.24) is 9.62 Å². The highest BCUT2D eigenvalue weighted by atomic mass is 35.5. The molecule has 2 aliphatic rings. The van der Waals surface area contributed by atoms with Crippen LogP contribution in [0.15, 0.2) is 77.7 Å². The smallest absolute Gasteiger partial charge is 0.262 e. The van der Waals surface area contributed by atoms with Crippen LogP contribution in [-0.4, -0.2) is 63.9 Å². The number of hydrogen-bond acceptors (Lipinski definition) is 6. The van der Waals surface area contributed by atoms with E-state index in [-0.39, 0.29) is 34.8 Å². The molecular weight excluding hydrogens is 566 g/mol. The number of benzene rings is 3. The summed E-state index contributed by atoms with van der Waals surface area (Å²) in [5.41, 5.74) is 1.67. The predicted octanol–water partition coefficient (Wildman–Crippen LogP) is 3.90. The second-order valence-electron chi connectivity index (χ2n) is 10.0. The van der Waals surface area contributed by atoms with Gasteiger partial charge >= 0.3 is 0 Å². The van der Waals surface area contributed by atoms with Gasteiger partial charge in [-0.05, 0) is 55.2 Å². The Morgan fingerprint density at radius 3 is 2.56 bits per heavy atom. The van der Waals surface area contributed by atoms with Crippen LogP contribution in [0.4, 0.5) is 5.69 Å². The molecular formula is C30H32ClN3O6S. The van der Waals surface area contributed by atoms with Crippen molar-refractivity contribution in [1.29, 1.82) is 0 Å². The Balaban J connectivity index is 1.30. The summed E-state index contributed by atoms with van der Waals surface area (Å²) in [7, 11) is -2.43. The van der Waals surface area contributed by atoms with Crippen molar-refractivity contribution in [3.63, 3.8) is 0 Å². The molecule has 11 heteroatoms. The summed E-state index contributed by atoms with van der Waals surface area (Å²) in [5, 5.41) is 3.11. The van der Waals surface area contributed by atoms with Gasteiger partial charge in [-0.1, -0.05) is 54.1 Å². The number of ether oxygens (including phenoxy) is 2. The Bertz CT molecular complexity index is 1520. The normalized spacial score (nSPS) is 19.1. The third-order valence-electron chi connectivity index (χ3n) is 7.38. The van der Waals surface area contributed by atoms with Gasteiger partial charge in [0.25, 0.3) is 5.91 Å². The van der Waals surface area contributed by atoms with Gasteiger partial charge in [0, 0.05) is 19.6 Å². The standard InChI is InChI=1S/C30H32ClN3O6S/c1-39-26-14-13-23(18-24(26)31)41(37,38)33-17-7-10-22(19-33)30(36)34-20-28(40-27-12-6-5-11-25(27)34)29(35)32-16-15-21-8-3-2-4-9-21/h2-6,8-9,11-14,18,22,28H,7,10,15-17,19-20H2,1H3,(H,32,35)/t22-,28-/m0/s1. The van der Waals surface area contributed by atoms with E-state index in [0.29, 0.717) is 49.5 Å². The van der Waals surface area contributed by atoms with E-state index in [0.717, 1.165) is 5.56 Å². The lowest BCUT2D eigenvalue weighted by molar-refractivity contribution is -0.129. The largest absolute Gasteiger partial charge is 0.495 e. The van der Waals surface area contributed by atoms with E-state index in [1.54, 1.807) is 29.2 Å². The van der Waals surface area contributed by atoms with Crippen LogP contribution in [0.2, 0.25) is 5.02 Å². The average Bonchev–Trinajstić information content (AvgIpc) is 3.00. The summed E-state index contributed by atoms with van der Waals surface area (Å²) in [4.78, 5) is 28.6. The van der Waals surface area contributed by atoms with E-state index in [1.807, 2.05) is 30.3 Å². The Kier molecular flexibility index (Phi) is 8.82. The first-order chi connectivity index (χ1) is 19.8. The number of amides is 2. The van der Waals surface area contributed by atoms with Crippen molar-refractivity contribution in [2.24, 2.45) is 5.92 Å². The molecule has 5 rings (SSSR count). The van der Waals surface area contributed by atoms with Gasteiger partial charge in [-0.15, -0.1) is 0 Å². The zero-order valence-electron chi connectivity index (χ0n) is 22.7.